The van der Waals surface area contributed by atoms with Gasteiger partial charge in [0.15, 0.2) is 0 Å². The van der Waals surface area contributed by atoms with Crippen molar-refractivity contribution < 1.29 is 9.90 Å². The van der Waals surface area contributed by atoms with Crippen molar-refractivity contribution in [3.8, 4) is 5.75 Å². The third kappa shape index (κ3) is 3.96. The van der Waals surface area contributed by atoms with E-state index in [9.17, 15) is 9.90 Å². The Balaban J connectivity index is 1.77. The fourth-order valence-electron chi connectivity index (χ4n) is 3.12. The number of carbonyl (C=O) groups excluding carboxylic acids is 1. The van der Waals surface area contributed by atoms with Crippen LogP contribution in [0.1, 0.15) is 21.5 Å². The zero-order valence-corrected chi connectivity index (χ0v) is 15.6. The highest BCUT2D eigenvalue weighted by atomic mass is 16.3. The van der Waals surface area contributed by atoms with Crippen LogP contribution >= 0.6 is 0 Å². The molecule has 0 aliphatic carbocycles. The lowest BCUT2D eigenvalue weighted by molar-refractivity contribution is 0.106. The molecule has 0 fully saturated rings. The molecule has 0 heterocycles. The molecule has 0 atom stereocenters. The molecule has 0 spiro atoms. The fraction of sp³-hybridized carbons (Fsp3) is 0. The first-order chi connectivity index (χ1) is 14.2. The van der Waals surface area contributed by atoms with Crippen LogP contribution in [0.15, 0.2) is 107 Å². The van der Waals surface area contributed by atoms with E-state index in [0.29, 0.717) is 16.7 Å². The van der Waals surface area contributed by atoms with Crippen molar-refractivity contribution in [2.75, 3.05) is 0 Å². The summed E-state index contributed by atoms with van der Waals surface area (Å²) < 4.78 is 0. The number of benzene rings is 4. The van der Waals surface area contributed by atoms with Crippen LogP contribution in [0.4, 0.5) is 0 Å². The van der Waals surface area contributed by atoms with Gasteiger partial charge in [-0.15, -0.1) is 5.10 Å². The van der Waals surface area contributed by atoms with Gasteiger partial charge in [-0.3, -0.25) is 4.79 Å². The molecule has 0 aliphatic rings. The highest BCUT2D eigenvalue weighted by molar-refractivity contribution is 6.51. The molecule has 4 nitrogen and oxygen atoms in total. The van der Waals surface area contributed by atoms with Crippen LogP contribution < -0.4 is 0 Å². The summed E-state index contributed by atoms with van der Waals surface area (Å²) in [6.07, 6.45) is 1.48. The zero-order valence-electron chi connectivity index (χ0n) is 15.6. The number of rotatable bonds is 5. The van der Waals surface area contributed by atoms with E-state index in [2.05, 4.69) is 10.2 Å². The topological polar surface area (TPSA) is 62.0 Å². The van der Waals surface area contributed by atoms with E-state index in [0.717, 1.165) is 10.8 Å². The van der Waals surface area contributed by atoms with Crippen LogP contribution in [0.2, 0.25) is 0 Å². The molecule has 0 bridgehead atoms. The third-order valence-corrected chi connectivity index (χ3v) is 4.59. The molecule has 0 aliphatic heterocycles. The number of hydrogen-bond donors (Lipinski definition) is 1. The number of fused-ring (bicyclic) bond motifs is 1. The van der Waals surface area contributed by atoms with E-state index >= 15 is 0 Å². The van der Waals surface area contributed by atoms with Crippen LogP contribution in [-0.2, 0) is 0 Å². The second-order valence-corrected chi connectivity index (χ2v) is 6.47. The van der Waals surface area contributed by atoms with Crippen LogP contribution in [0.3, 0.4) is 0 Å². The number of phenols is 1. The molecule has 29 heavy (non-hydrogen) atoms. The lowest BCUT2D eigenvalue weighted by atomic mass is 10.0. The number of ketones is 1. The van der Waals surface area contributed by atoms with Gasteiger partial charge >= 0.3 is 0 Å². The summed E-state index contributed by atoms with van der Waals surface area (Å²) >= 11 is 0. The smallest absolute Gasteiger partial charge is 0.213 e. The van der Waals surface area contributed by atoms with Gasteiger partial charge in [0.05, 0.1) is 6.21 Å². The van der Waals surface area contributed by atoms with E-state index in [-0.39, 0.29) is 17.2 Å². The number of Topliss-reactive ketones (excluding diaryl/α,β-unsaturated/α-hetero) is 1. The average Bonchev–Trinajstić information content (AvgIpc) is 2.79. The number of aromatic hydroxyl groups is 1. The largest absolute Gasteiger partial charge is 0.507 e. The molecule has 1 N–H and O–H groups in total. The van der Waals surface area contributed by atoms with Crippen molar-refractivity contribution in [1.82, 2.24) is 0 Å². The fourth-order valence-corrected chi connectivity index (χ4v) is 3.12. The lowest BCUT2D eigenvalue weighted by Crippen LogP contribution is -2.15. The molecule has 0 unspecified atom stereocenters. The quantitative estimate of drug-likeness (QED) is 0.293. The summed E-state index contributed by atoms with van der Waals surface area (Å²) in [5, 5.41) is 20.5. The molecule has 0 saturated carbocycles. The Morgan fingerprint density at radius 3 is 2.07 bits per heavy atom. The molecule has 140 valence electrons. The first kappa shape index (κ1) is 18.3. The second kappa shape index (κ2) is 8.31. The maximum Gasteiger partial charge on any atom is 0.213 e. The van der Waals surface area contributed by atoms with Crippen LogP contribution in [0.25, 0.3) is 10.8 Å². The molecule has 0 saturated heterocycles. The average molecular weight is 378 g/mol. The van der Waals surface area contributed by atoms with E-state index in [1.54, 1.807) is 18.2 Å². The van der Waals surface area contributed by atoms with Crippen molar-refractivity contribution in [1.29, 1.82) is 0 Å². The Morgan fingerprint density at radius 2 is 1.34 bits per heavy atom. The Hall–Kier alpha value is -4.05. The minimum atomic E-state index is -0.212. The lowest BCUT2D eigenvalue weighted by Gasteiger charge is -2.05. The Bertz CT molecular complexity index is 1210. The van der Waals surface area contributed by atoms with Crippen LogP contribution in [-0.4, -0.2) is 22.8 Å². The summed E-state index contributed by atoms with van der Waals surface area (Å²) in [6, 6.07) is 29.4. The van der Waals surface area contributed by atoms with Crippen molar-refractivity contribution in [2.45, 2.75) is 0 Å². The van der Waals surface area contributed by atoms with Gasteiger partial charge in [0.25, 0.3) is 0 Å². The van der Waals surface area contributed by atoms with E-state index < -0.39 is 0 Å². The summed E-state index contributed by atoms with van der Waals surface area (Å²) in [5.74, 6) is -0.102. The molecule has 0 aromatic heterocycles. The van der Waals surface area contributed by atoms with Gasteiger partial charge in [0.2, 0.25) is 5.78 Å². The summed E-state index contributed by atoms with van der Waals surface area (Å²) in [4.78, 5) is 13.0. The van der Waals surface area contributed by atoms with E-state index in [1.807, 2.05) is 78.9 Å². The Labute approximate surface area is 168 Å². The van der Waals surface area contributed by atoms with Crippen LogP contribution in [0, 0.1) is 0 Å². The molecule has 4 aromatic rings. The van der Waals surface area contributed by atoms with Gasteiger partial charge < -0.3 is 5.11 Å². The summed E-state index contributed by atoms with van der Waals surface area (Å²) in [6.45, 7) is 0. The van der Waals surface area contributed by atoms with E-state index in [4.69, 9.17) is 0 Å². The SMILES string of the molecule is O=C(/C(=N/N=C/c1c(O)ccc2ccccc12)c1ccccc1)c1ccccc1. The highest BCUT2D eigenvalue weighted by Gasteiger charge is 2.16. The normalized spacial score (nSPS) is 11.8. The van der Waals surface area contributed by atoms with Crippen LogP contribution in [0.5, 0.6) is 5.75 Å². The van der Waals surface area contributed by atoms with Crippen molar-refractivity contribution in [3.05, 3.63) is 114 Å². The van der Waals surface area contributed by atoms with Gasteiger partial charge in [-0.25, -0.2) is 0 Å². The number of carbonyl (C=O) groups is 1. The third-order valence-electron chi connectivity index (χ3n) is 4.59. The first-order valence-corrected chi connectivity index (χ1v) is 9.21. The maximum absolute atomic E-state index is 13.0. The molecular formula is C25H18N2O2. The number of hydrogen-bond acceptors (Lipinski definition) is 4. The molecule has 4 heteroatoms. The predicted molar refractivity (Wildman–Crippen MR) is 117 cm³/mol. The first-order valence-electron chi connectivity index (χ1n) is 9.21. The van der Waals surface area contributed by atoms with Gasteiger partial charge in [-0.05, 0) is 16.8 Å². The molecule has 0 amide bonds. The molecule has 4 rings (SSSR count). The van der Waals surface area contributed by atoms with Crippen molar-refractivity contribution in [3.63, 3.8) is 0 Å². The summed E-state index contributed by atoms with van der Waals surface area (Å²) in [5.41, 5.74) is 2.03. The summed E-state index contributed by atoms with van der Waals surface area (Å²) in [7, 11) is 0. The van der Waals surface area contributed by atoms with Gasteiger partial charge in [-0.2, -0.15) is 5.10 Å². The molecule has 4 aromatic carbocycles. The second-order valence-electron chi connectivity index (χ2n) is 6.47. The monoisotopic (exact) mass is 378 g/mol. The Kier molecular flexibility index (Phi) is 5.25. The number of nitrogens with zero attached hydrogens (tertiary/aromatic N) is 2. The van der Waals surface area contributed by atoms with Gasteiger partial charge in [0.1, 0.15) is 11.5 Å². The molecular weight excluding hydrogens is 360 g/mol. The minimum Gasteiger partial charge on any atom is -0.507 e. The van der Waals surface area contributed by atoms with Gasteiger partial charge in [0, 0.05) is 16.7 Å². The predicted octanol–water partition coefficient (Wildman–Crippen LogP) is 5.25. The maximum atomic E-state index is 13.0. The van der Waals surface area contributed by atoms with Gasteiger partial charge in [-0.1, -0.05) is 91.0 Å². The minimum absolute atomic E-state index is 0.110. The molecule has 0 radical (unpaired) electrons. The van der Waals surface area contributed by atoms with Crippen molar-refractivity contribution in [2.24, 2.45) is 10.2 Å². The highest BCUT2D eigenvalue weighted by Crippen LogP contribution is 2.25. The van der Waals surface area contributed by atoms with E-state index in [1.165, 1.54) is 6.21 Å². The standard InChI is InChI=1S/C25H18N2O2/c28-23-16-15-18-9-7-8-14-21(18)22(23)17-26-27-24(19-10-3-1-4-11-19)25(29)20-12-5-2-6-13-20/h1-17,28H/b26-17+,27-24+. The van der Waals surface area contributed by atoms with Crippen molar-refractivity contribution >= 4 is 28.5 Å². The Morgan fingerprint density at radius 1 is 0.724 bits per heavy atom. The number of phenolic OH excluding ortho intramolecular Hbond substituents is 1. The zero-order chi connectivity index (χ0) is 20.1.